The van der Waals surface area contributed by atoms with Crippen molar-refractivity contribution in [3.63, 3.8) is 0 Å². The number of benzene rings is 1. The van der Waals surface area contributed by atoms with Crippen LogP contribution >= 0.6 is 0 Å². The number of rotatable bonds is 2. The molecule has 0 N–H and O–H groups in total. The maximum Gasteiger partial charge on any atom is 0.423 e. The van der Waals surface area contributed by atoms with Gasteiger partial charge in [-0.3, -0.25) is 9.48 Å². The van der Waals surface area contributed by atoms with Crippen LogP contribution in [0.15, 0.2) is 17.1 Å². The fourth-order valence-corrected chi connectivity index (χ4v) is 1.87. The maximum absolute atomic E-state index is 13.7. The summed E-state index contributed by atoms with van der Waals surface area (Å²) in [6.07, 6.45) is -0.0483. The molecule has 0 amide bonds. The van der Waals surface area contributed by atoms with E-state index in [2.05, 4.69) is 0 Å². The van der Waals surface area contributed by atoms with Gasteiger partial charge in [0.2, 0.25) is 0 Å². The second kappa shape index (κ2) is 5.49. The number of terminal acetylenes is 1. The molecule has 122 valence electrons. The quantitative estimate of drug-likeness (QED) is 0.470. The molecule has 1 aromatic carbocycles. The molecule has 0 aliphatic carbocycles. The molecule has 0 bridgehead atoms. The summed E-state index contributed by atoms with van der Waals surface area (Å²) in [7, 11) is 0. The summed E-state index contributed by atoms with van der Waals surface area (Å²) in [5, 5.41) is 0. The zero-order valence-electron chi connectivity index (χ0n) is 10.9. The predicted octanol–water partition coefficient (Wildman–Crippen LogP) is 2.85. The first-order valence-corrected chi connectivity index (χ1v) is 5.76. The second-order valence-electron chi connectivity index (χ2n) is 4.28. The molecule has 0 aliphatic heterocycles. The van der Waals surface area contributed by atoms with Crippen LogP contribution in [0.1, 0.15) is 5.56 Å². The highest BCUT2D eigenvalue weighted by atomic mass is 19.4. The first-order valence-electron chi connectivity index (χ1n) is 5.76. The Morgan fingerprint density at radius 2 is 1.61 bits per heavy atom. The Labute approximate surface area is 123 Å². The maximum atomic E-state index is 13.7. The summed E-state index contributed by atoms with van der Waals surface area (Å²) < 4.78 is 92.3. The number of halogens is 7. The normalized spacial score (nSPS) is 11.6. The Morgan fingerprint density at radius 1 is 1.09 bits per heavy atom. The third-order valence-corrected chi connectivity index (χ3v) is 2.82. The minimum atomic E-state index is -5.16. The molecule has 0 atom stereocenters. The molecular weight excluding hydrogens is 333 g/mol. The Hall–Kier alpha value is -2.70. The minimum Gasteiger partial charge on any atom is -0.272 e. The van der Waals surface area contributed by atoms with Crippen LogP contribution in [-0.2, 0) is 12.7 Å². The summed E-state index contributed by atoms with van der Waals surface area (Å²) >= 11 is 0. The molecule has 10 heteroatoms. The number of hydrogen-bond acceptors (Lipinski definition) is 1. The standard InChI is InChI=1S/C13H5F7N2O/c1-2-3-21-5-6(13(18,19)20)12(23)22(21)11-9(16)7(14)4-8(15)10(11)17/h1,4-5H,3H2. The van der Waals surface area contributed by atoms with Gasteiger partial charge in [0.25, 0.3) is 5.56 Å². The van der Waals surface area contributed by atoms with E-state index < -0.39 is 52.8 Å². The lowest BCUT2D eigenvalue weighted by molar-refractivity contribution is -0.138. The molecule has 0 unspecified atom stereocenters. The van der Waals surface area contributed by atoms with Crippen LogP contribution in [0.4, 0.5) is 30.7 Å². The van der Waals surface area contributed by atoms with Crippen molar-refractivity contribution in [1.82, 2.24) is 9.36 Å². The van der Waals surface area contributed by atoms with Gasteiger partial charge in [0.1, 0.15) is 11.3 Å². The Bertz CT molecular complexity index is 844. The highest BCUT2D eigenvalue weighted by molar-refractivity contribution is 5.37. The van der Waals surface area contributed by atoms with Gasteiger partial charge >= 0.3 is 6.18 Å². The van der Waals surface area contributed by atoms with Crippen molar-refractivity contribution < 1.29 is 30.7 Å². The summed E-state index contributed by atoms with van der Waals surface area (Å²) in [5.74, 6) is -5.97. The van der Waals surface area contributed by atoms with E-state index in [9.17, 15) is 35.5 Å². The Kier molecular flexibility index (Phi) is 3.98. The number of hydrogen-bond donors (Lipinski definition) is 0. The van der Waals surface area contributed by atoms with Gasteiger partial charge in [0.05, 0.1) is 6.54 Å². The van der Waals surface area contributed by atoms with E-state index in [0.717, 1.165) is 0 Å². The van der Waals surface area contributed by atoms with Crippen LogP contribution in [0.3, 0.4) is 0 Å². The van der Waals surface area contributed by atoms with Crippen molar-refractivity contribution in [1.29, 1.82) is 0 Å². The summed E-state index contributed by atoms with van der Waals surface area (Å²) in [4.78, 5) is 11.8. The van der Waals surface area contributed by atoms with E-state index in [1.165, 1.54) is 0 Å². The van der Waals surface area contributed by atoms with Crippen LogP contribution in [0.2, 0.25) is 0 Å². The van der Waals surface area contributed by atoms with Crippen LogP contribution in [0, 0.1) is 35.6 Å². The van der Waals surface area contributed by atoms with Crippen molar-refractivity contribution in [2.24, 2.45) is 0 Å². The average molecular weight is 338 g/mol. The molecule has 1 heterocycles. The zero-order chi connectivity index (χ0) is 17.5. The first-order chi connectivity index (χ1) is 10.6. The van der Waals surface area contributed by atoms with Gasteiger partial charge in [-0.05, 0) is 0 Å². The van der Waals surface area contributed by atoms with E-state index >= 15 is 0 Å². The van der Waals surface area contributed by atoms with E-state index in [4.69, 9.17) is 6.42 Å². The fraction of sp³-hybridized carbons (Fsp3) is 0.154. The molecule has 2 aromatic rings. The van der Waals surface area contributed by atoms with E-state index in [0.29, 0.717) is 4.68 Å². The first kappa shape index (κ1) is 16.7. The van der Waals surface area contributed by atoms with Gasteiger partial charge in [0.15, 0.2) is 23.3 Å². The van der Waals surface area contributed by atoms with Crippen molar-refractivity contribution in [3.8, 4) is 18.0 Å². The largest absolute Gasteiger partial charge is 0.423 e. The molecule has 0 saturated carbocycles. The van der Waals surface area contributed by atoms with E-state index in [1.807, 2.05) is 5.92 Å². The zero-order valence-corrected chi connectivity index (χ0v) is 10.9. The monoisotopic (exact) mass is 338 g/mol. The third kappa shape index (κ3) is 2.69. The van der Waals surface area contributed by atoms with Crippen LogP contribution < -0.4 is 5.56 Å². The van der Waals surface area contributed by atoms with Crippen LogP contribution in [0.5, 0.6) is 0 Å². The molecule has 0 fully saturated rings. The van der Waals surface area contributed by atoms with Gasteiger partial charge in [0, 0.05) is 12.3 Å². The summed E-state index contributed by atoms with van der Waals surface area (Å²) in [6.45, 7) is -0.706. The molecular formula is C13H5F7N2O. The lowest BCUT2D eigenvalue weighted by Crippen LogP contribution is -2.27. The smallest absolute Gasteiger partial charge is 0.272 e. The highest BCUT2D eigenvalue weighted by Crippen LogP contribution is 2.28. The summed E-state index contributed by atoms with van der Waals surface area (Å²) in [6, 6.07) is -0.141. The minimum absolute atomic E-state index is 0.141. The van der Waals surface area contributed by atoms with Gasteiger partial charge < -0.3 is 0 Å². The highest BCUT2D eigenvalue weighted by Gasteiger charge is 2.38. The number of aromatic nitrogens is 2. The lowest BCUT2D eigenvalue weighted by atomic mass is 10.2. The number of nitrogens with zero attached hydrogens (tertiary/aromatic N) is 2. The van der Waals surface area contributed by atoms with Crippen molar-refractivity contribution in [2.75, 3.05) is 0 Å². The summed E-state index contributed by atoms with van der Waals surface area (Å²) in [5.41, 5.74) is -5.34. The van der Waals surface area contributed by atoms with Gasteiger partial charge in [-0.1, -0.05) is 5.92 Å². The average Bonchev–Trinajstić information content (AvgIpc) is 2.75. The van der Waals surface area contributed by atoms with E-state index in [-0.39, 0.29) is 16.9 Å². The van der Waals surface area contributed by atoms with Gasteiger partial charge in [-0.25, -0.2) is 22.2 Å². The Balaban J connectivity index is 2.93. The third-order valence-electron chi connectivity index (χ3n) is 2.82. The van der Waals surface area contributed by atoms with E-state index in [1.54, 1.807) is 0 Å². The van der Waals surface area contributed by atoms with Crippen molar-refractivity contribution in [3.05, 3.63) is 51.4 Å². The van der Waals surface area contributed by atoms with Gasteiger partial charge in [-0.15, -0.1) is 6.42 Å². The van der Waals surface area contributed by atoms with Crippen LogP contribution in [-0.4, -0.2) is 9.36 Å². The predicted molar refractivity (Wildman–Crippen MR) is 63.7 cm³/mol. The van der Waals surface area contributed by atoms with Crippen LogP contribution in [0.25, 0.3) is 5.69 Å². The molecule has 0 spiro atoms. The topological polar surface area (TPSA) is 26.9 Å². The van der Waals surface area contributed by atoms with Gasteiger partial charge in [-0.2, -0.15) is 13.2 Å². The Morgan fingerprint density at radius 3 is 2.04 bits per heavy atom. The lowest BCUT2D eigenvalue weighted by Gasteiger charge is -2.11. The molecule has 1 aromatic heterocycles. The second-order valence-corrected chi connectivity index (χ2v) is 4.28. The molecule has 0 radical (unpaired) electrons. The van der Waals surface area contributed by atoms with Crippen molar-refractivity contribution >= 4 is 0 Å². The molecule has 2 rings (SSSR count). The SMILES string of the molecule is C#CCn1cc(C(F)(F)F)c(=O)n1-c1c(F)c(F)cc(F)c1F. The number of alkyl halides is 3. The van der Waals surface area contributed by atoms with Crippen molar-refractivity contribution in [2.45, 2.75) is 12.7 Å². The molecule has 23 heavy (non-hydrogen) atoms. The molecule has 0 saturated heterocycles. The fourth-order valence-electron chi connectivity index (χ4n) is 1.87. The molecule has 3 nitrogen and oxygen atoms in total. The molecule has 0 aliphatic rings.